The number of aliphatic carboxylic acids is 1. The molecule has 0 amide bonds. The van der Waals surface area contributed by atoms with Crippen LogP contribution in [0.5, 0.6) is 0 Å². The predicted octanol–water partition coefficient (Wildman–Crippen LogP) is 0.633. The van der Waals surface area contributed by atoms with Crippen LogP contribution < -0.4 is 10.0 Å². The molecule has 0 atom stereocenters. The van der Waals surface area contributed by atoms with Crippen LogP contribution >= 0.6 is 0 Å². The van der Waals surface area contributed by atoms with Crippen molar-refractivity contribution < 1.29 is 18.3 Å². The molecule has 1 aromatic carbocycles. The van der Waals surface area contributed by atoms with Gasteiger partial charge in [-0.15, -0.1) is 0 Å². The lowest BCUT2D eigenvalue weighted by Crippen LogP contribution is -2.35. The molecule has 0 aliphatic heterocycles. The summed E-state index contributed by atoms with van der Waals surface area (Å²) in [6.45, 7) is 3.57. The van der Waals surface area contributed by atoms with Crippen molar-refractivity contribution in [1.82, 2.24) is 0 Å². The van der Waals surface area contributed by atoms with E-state index < -0.39 is 16.0 Å². The fourth-order valence-corrected chi connectivity index (χ4v) is 2.06. The van der Waals surface area contributed by atoms with E-state index in [1.807, 2.05) is 13.8 Å². The van der Waals surface area contributed by atoms with Gasteiger partial charge in [0.05, 0.1) is 4.90 Å². The zero-order chi connectivity index (χ0) is 13.9. The van der Waals surface area contributed by atoms with Gasteiger partial charge < -0.3 is 10.0 Å². The van der Waals surface area contributed by atoms with E-state index in [0.29, 0.717) is 5.69 Å². The van der Waals surface area contributed by atoms with Gasteiger partial charge in [0.2, 0.25) is 10.0 Å². The maximum Gasteiger partial charge on any atom is 0.323 e. The molecule has 0 bridgehead atoms. The number of carboxylic acids is 1. The molecule has 0 aliphatic rings. The summed E-state index contributed by atoms with van der Waals surface area (Å²) in [6.07, 6.45) is 0. The molecular formula is C11H16N2O4S. The molecule has 0 saturated heterocycles. The first-order chi connectivity index (χ1) is 8.21. The summed E-state index contributed by atoms with van der Waals surface area (Å²) in [6, 6.07) is 5.80. The molecule has 1 aromatic rings. The smallest absolute Gasteiger partial charge is 0.323 e. The fourth-order valence-electron chi connectivity index (χ4n) is 1.55. The molecule has 0 aromatic heterocycles. The summed E-state index contributed by atoms with van der Waals surface area (Å²) in [5.74, 6) is -0.945. The first kappa shape index (κ1) is 14.5. The van der Waals surface area contributed by atoms with Crippen molar-refractivity contribution in [2.24, 2.45) is 5.14 Å². The molecule has 100 valence electrons. The topological polar surface area (TPSA) is 101 Å². The van der Waals surface area contributed by atoms with Gasteiger partial charge in [0.1, 0.15) is 6.54 Å². The number of carboxylic acid groups (broad SMARTS) is 1. The van der Waals surface area contributed by atoms with Crippen LogP contribution in [0.3, 0.4) is 0 Å². The lowest BCUT2D eigenvalue weighted by atomic mass is 10.2. The predicted molar refractivity (Wildman–Crippen MR) is 67.9 cm³/mol. The second kappa shape index (κ2) is 5.36. The third kappa shape index (κ3) is 3.71. The normalized spacial score (nSPS) is 11.6. The van der Waals surface area contributed by atoms with Crippen LogP contribution in [0.2, 0.25) is 0 Å². The minimum Gasteiger partial charge on any atom is -0.480 e. The lowest BCUT2D eigenvalue weighted by Gasteiger charge is -2.27. The Balaban J connectivity index is 3.05. The van der Waals surface area contributed by atoms with Crippen LogP contribution in [0, 0.1) is 0 Å². The van der Waals surface area contributed by atoms with E-state index in [0.717, 1.165) is 0 Å². The van der Waals surface area contributed by atoms with Crippen molar-refractivity contribution in [1.29, 1.82) is 0 Å². The molecular weight excluding hydrogens is 256 g/mol. The number of benzene rings is 1. The Hall–Kier alpha value is -1.60. The van der Waals surface area contributed by atoms with Gasteiger partial charge >= 0.3 is 5.97 Å². The highest BCUT2D eigenvalue weighted by Crippen LogP contribution is 2.19. The van der Waals surface area contributed by atoms with Crippen LogP contribution in [-0.2, 0) is 14.8 Å². The van der Waals surface area contributed by atoms with Crippen LogP contribution in [0.4, 0.5) is 5.69 Å². The van der Waals surface area contributed by atoms with E-state index in [-0.39, 0.29) is 17.5 Å². The molecule has 18 heavy (non-hydrogen) atoms. The second-order valence-electron chi connectivity index (χ2n) is 4.15. The van der Waals surface area contributed by atoms with Crippen LogP contribution in [-0.4, -0.2) is 32.1 Å². The Bertz CT molecular complexity index is 522. The summed E-state index contributed by atoms with van der Waals surface area (Å²) >= 11 is 0. The SMILES string of the molecule is CC(C)N(CC(=O)O)c1ccc(S(N)(=O)=O)cc1. The van der Waals surface area contributed by atoms with Crippen LogP contribution in [0.25, 0.3) is 0 Å². The van der Waals surface area contributed by atoms with E-state index in [1.54, 1.807) is 17.0 Å². The van der Waals surface area contributed by atoms with Gasteiger partial charge in [0.25, 0.3) is 0 Å². The number of nitrogens with two attached hydrogens (primary N) is 1. The highest BCUT2D eigenvalue weighted by Gasteiger charge is 2.15. The van der Waals surface area contributed by atoms with Crippen molar-refractivity contribution in [3.8, 4) is 0 Å². The standard InChI is InChI=1S/C11H16N2O4S/c1-8(2)13(7-11(14)15)9-3-5-10(6-4-9)18(12,16)17/h3-6,8H,7H2,1-2H3,(H,14,15)(H2,12,16,17). The Morgan fingerprint density at radius 3 is 2.17 bits per heavy atom. The molecule has 1 rings (SSSR count). The number of rotatable bonds is 5. The van der Waals surface area contributed by atoms with Gasteiger partial charge in [0.15, 0.2) is 0 Å². The average Bonchev–Trinajstić information content (AvgIpc) is 2.24. The second-order valence-corrected chi connectivity index (χ2v) is 5.72. The number of anilines is 1. The van der Waals surface area contributed by atoms with Crippen molar-refractivity contribution in [3.63, 3.8) is 0 Å². The quantitative estimate of drug-likeness (QED) is 0.819. The fraction of sp³-hybridized carbons (Fsp3) is 0.364. The van der Waals surface area contributed by atoms with E-state index in [1.165, 1.54) is 12.1 Å². The molecule has 0 heterocycles. The van der Waals surface area contributed by atoms with Gasteiger partial charge in [-0.3, -0.25) is 4.79 Å². The van der Waals surface area contributed by atoms with Crippen LogP contribution in [0.15, 0.2) is 29.2 Å². The number of primary sulfonamides is 1. The highest BCUT2D eigenvalue weighted by atomic mass is 32.2. The van der Waals surface area contributed by atoms with Gasteiger partial charge in [-0.1, -0.05) is 0 Å². The van der Waals surface area contributed by atoms with E-state index >= 15 is 0 Å². The zero-order valence-corrected chi connectivity index (χ0v) is 11.0. The van der Waals surface area contributed by atoms with Crippen molar-refractivity contribution in [2.75, 3.05) is 11.4 Å². The van der Waals surface area contributed by atoms with Crippen molar-refractivity contribution in [3.05, 3.63) is 24.3 Å². The number of sulfonamides is 1. The molecule has 3 N–H and O–H groups in total. The molecule has 7 heteroatoms. The van der Waals surface area contributed by atoms with Gasteiger partial charge in [0, 0.05) is 11.7 Å². The molecule has 6 nitrogen and oxygen atoms in total. The molecule has 0 aliphatic carbocycles. The zero-order valence-electron chi connectivity index (χ0n) is 10.2. The average molecular weight is 272 g/mol. The lowest BCUT2D eigenvalue weighted by molar-refractivity contribution is -0.135. The Labute approximate surface area is 106 Å². The summed E-state index contributed by atoms with van der Waals surface area (Å²) in [7, 11) is -3.72. The highest BCUT2D eigenvalue weighted by molar-refractivity contribution is 7.89. The maximum absolute atomic E-state index is 11.1. The maximum atomic E-state index is 11.1. The number of hydrogen-bond acceptors (Lipinski definition) is 4. The molecule has 0 fully saturated rings. The largest absolute Gasteiger partial charge is 0.480 e. The Kier molecular flexibility index (Phi) is 4.31. The third-order valence-corrected chi connectivity index (χ3v) is 3.36. The first-order valence-corrected chi connectivity index (χ1v) is 6.87. The molecule has 0 unspecified atom stereocenters. The number of carbonyl (C=O) groups is 1. The van der Waals surface area contributed by atoms with Gasteiger partial charge in [-0.05, 0) is 38.1 Å². The van der Waals surface area contributed by atoms with Gasteiger partial charge in [-0.25, -0.2) is 13.6 Å². The molecule has 0 spiro atoms. The minimum atomic E-state index is -3.72. The van der Waals surface area contributed by atoms with Crippen LogP contribution in [0.1, 0.15) is 13.8 Å². The first-order valence-electron chi connectivity index (χ1n) is 5.33. The van der Waals surface area contributed by atoms with Gasteiger partial charge in [-0.2, -0.15) is 0 Å². The van der Waals surface area contributed by atoms with Crippen molar-refractivity contribution >= 4 is 21.7 Å². The molecule has 0 saturated carbocycles. The van der Waals surface area contributed by atoms with E-state index in [9.17, 15) is 13.2 Å². The van der Waals surface area contributed by atoms with E-state index in [2.05, 4.69) is 0 Å². The Morgan fingerprint density at radius 1 is 1.33 bits per heavy atom. The summed E-state index contributed by atoms with van der Waals surface area (Å²) < 4.78 is 22.2. The number of nitrogens with zero attached hydrogens (tertiary/aromatic N) is 1. The summed E-state index contributed by atoms with van der Waals surface area (Å²) in [5.41, 5.74) is 0.639. The molecule has 0 radical (unpaired) electrons. The van der Waals surface area contributed by atoms with E-state index in [4.69, 9.17) is 10.2 Å². The summed E-state index contributed by atoms with van der Waals surface area (Å²) in [4.78, 5) is 12.4. The number of hydrogen-bond donors (Lipinski definition) is 2. The monoisotopic (exact) mass is 272 g/mol. The minimum absolute atomic E-state index is 0.00489. The van der Waals surface area contributed by atoms with Crippen molar-refractivity contribution in [2.45, 2.75) is 24.8 Å². The Morgan fingerprint density at radius 2 is 1.83 bits per heavy atom. The third-order valence-electron chi connectivity index (χ3n) is 2.43. The summed E-state index contributed by atoms with van der Waals surface area (Å²) in [5, 5.41) is 13.8.